The van der Waals surface area contributed by atoms with E-state index in [9.17, 15) is 4.79 Å². The van der Waals surface area contributed by atoms with Crippen molar-refractivity contribution in [2.24, 2.45) is 0 Å². The van der Waals surface area contributed by atoms with Crippen molar-refractivity contribution in [3.63, 3.8) is 0 Å². The van der Waals surface area contributed by atoms with Crippen LogP contribution in [0.3, 0.4) is 0 Å². The first kappa shape index (κ1) is 11.8. The molecule has 0 saturated heterocycles. The zero-order valence-corrected chi connectivity index (χ0v) is 10.0. The third-order valence-electron chi connectivity index (χ3n) is 2.64. The predicted molar refractivity (Wildman–Crippen MR) is 64.0 cm³/mol. The zero-order chi connectivity index (χ0) is 12.1. The lowest BCUT2D eigenvalue weighted by Gasteiger charge is -2.18. The number of carbonyl (C=O) groups excluding carboxylic acids is 1. The quantitative estimate of drug-likeness (QED) is 0.790. The third kappa shape index (κ3) is 2.90. The number of nitrogens with zero attached hydrogens (tertiary/aromatic N) is 1. The standard InChI is InChI=1S/C13H17NO3/c1-2-8-17-13(15)14-7-9-16-12-6-4-3-5-11(12)10-14/h3-6H,2,7-10H2,1H3. The van der Waals surface area contributed by atoms with Gasteiger partial charge in [0.25, 0.3) is 0 Å². The molecule has 92 valence electrons. The highest BCUT2D eigenvalue weighted by Gasteiger charge is 2.20. The monoisotopic (exact) mass is 235 g/mol. The number of para-hydroxylation sites is 1. The summed E-state index contributed by atoms with van der Waals surface area (Å²) in [6.45, 7) is 4.08. The molecule has 1 heterocycles. The Bertz CT molecular complexity index is 392. The number of fused-ring (bicyclic) bond motifs is 1. The van der Waals surface area contributed by atoms with Crippen LogP contribution in [0.15, 0.2) is 24.3 Å². The fraction of sp³-hybridized carbons (Fsp3) is 0.462. The van der Waals surface area contributed by atoms with E-state index in [1.807, 2.05) is 31.2 Å². The van der Waals surface area contributed by atoms with Gasteiger partial charge in [-0.15, -0.1) is 0 Å². The van der Waals surface area contributed by atoms with E-state index in [1.165, 1.54) is 0 Å². The van der Waals surface area contributed by atoms with Crippen LogP contribution in [0, 0.1) is 0 Å². The van der Waals surface area contributed by atoms with Crippen LogP contribution < -0.4 is 4.74 Å². The molecule has 1 amide bonds. The van der Waals surface area contributed by atoms with Gasteiger partial charge in [0, 0.05) is 5.56 Å². The molecule has 0 unspecified atom stereocenters. The molecule has 1 aromatic rings. The van der Waals surface area contributed by atoms with Gasteiger partial charge in [0.2, 0.25) is 0 Å². The highest BCUT2D eigenvalue weighted by atomic mass is 16.6. The molecule has 0 spiro atoms. The van der Waals surface area contributed by atoms with E-state index >= 15 is 0 Å². The van der Waals surface area contributed by atoms with Crippen LogP contribution in [0.2, 0.25) is 0 Å². The average molecular weight is 235 g/mol. The molecule has 1 aliphatic rings. The summed E-state index contributed by atoms with van der Waals surface area (Å²) < 4.78 is 10.7. The van der Waals surface area contributed by atoms with Gasteiger partial charge in [-0.25, -0.2) is 4.79 Å². The third-order valence-corrected chi connectivity index (χ3v) is 2.64. The van der Waals surface area contributed by atoms with E-state index < -0.39 is 0 Å². The Hall–Kier alpha value is -1.71. The Morgan fingerprint density at radius 2 is 2.29 bits per heavy atom. The minimum atomic E-state index is -0.257. The van der Waals surface area contributed by atoms with Crippen LogP contribution in [0.25, 0.3) is 0 Å². The molecule has 2 rings (SSSR count). The van der Waals surface area contributed by atoms with Crippen molar-refractivity contribution in [3.8, 4) is 5.75 Å². The number of rotatable bonds is 2. The molecule has 0 radical (unpaired) electrons. The van der Waals surface area contributed by atoms with Crippen molar-refractivity contribution in [3.05, 3.63) is 29.8 Å². The molecular weight excluding hydrogens is 218 g/mol. The SMILES string of the molecule is CCCOC(=O)N1CCOc2ccccc2C1. The molecule has 0 aliphatic carbocycles. The number of benzene rings is 1. The second-order valence-electron chi connectivity index (χ2n) is 3.99. The van der Waals surface area contributed by atoms with Gasteiger partial charge in [-0.05, 0) is 12.5 Å². The van der Waals surface area contributed by atoms with Crippen molar-refractivity contribution in [1.29, 1.82) is 0 Å². The van der Waals surface area contributed by atoms with E-state index in [0.29, 0.717) is 26.3 Å². The highest BCUT2D eigenvalue weighted by Crippen LogP contribution is 2.22. The fourth-order valence-corrected chi connectivity index (χ4v) is 1.76. The normalized spacial score (nSPS) is 14.5. The van der Waals surface area contributed by atoms with Crippen LogP contribution in [-0.4, -0.2) is 30.8 Å². The van der Waals surface area contributed by atoms with Crippen LogP contribution in [0.5, 0.6) is 5.75 Å². The number of carbonyl (C=O) groups is 1. The lowest BCUT2D eigenvalue weighted by atomic mass is 10.2. The molecule has 0 bridgehead atoms. The van der Waals surface area contributed by atoms with Crippen LogP contribution in [0.1, 0.15) is 18.9 Å². The summed E-state index contributed by atoms with van der Waals surface area (Å²) in [5, 5.41) is 0. The van der Waals surface area contributed by atoms with Crippen molar-refractivity contribution >= 4 is 6.09 Å². The first-order valence-corrected chi connectivity index (χ1v) is 5.93. The molecule has 0 atom stereocenters. The molecule has 1 aliphatic heterocycles. The summed E-state index contributed by atoms with van der Waals surface area (Å²) in [6.07, 6.45) is 0.583. The van der Waals surface area contributed by atoms with E-state index in [0.717, 1.165) is 17.7 Å². The lowest BCUT2D eigenvalue weighted by molar-refractivity contribution is 0.0972. The molecule has 0 aromatic heterocycles. The van der Waals surface area contributed by atoms with Gasteiger partial charge < -0.3 is 14.4 Å². The van der Waals surface area contributed by atoms with Crippen LogP contribution in [0.4, 0.5) is 4.79 Å². The first-order valence-electron chi connectivity index (χ1n) is 5.93. The van der Waals surface area contributed by atoms with E-state index in [-0.39, 0.29) is 6.09 Å². The van der Waals surface area contributed by atoms with Gasteiger partial charge in [0.05, 0.1) is 19.7 Å². The van der Waals surface area contributed by atoms with Gasteiger partial charge in [0.1, 0.15) is 12.4 Å². The predicted octanol–water partition coefficient (Wildman–Crippen LogP) is 2.43. The van der Waals surface area contributed by atoms with Crippen molar-refractivity contribution in [2.45, 2.75) is 19.9 Å². The summed E-state index contributed by atoms with van der Waals surface area (Å²) in [4.78, 5) is 13.4. The summed E-state index contributed by atoms with van der Waals surface area (Å²) in [5.74, 6) is 0.860. The summed E-state index contributed by atoms with van der Waals surface area (Å²) in [6, 6.07) is 7.78. The minimum absolute atomic E-state index is 0.257. The number of hydrogen-bond acceptors (Lipinski definition) is 3. The maximum Gasteiger partial charge on any atom is 0.410 e. The second kappa shape index (κ2) is 5.57. The van der Waals surface area contributed by atoms with Gasteiger partial charge in [-0.1, -0.05) is 25.1 Å². The number of ether oxygens (including phenoxy) is 2. The van der Waals surface area contributed by atoms with Crippen LogP contribution in [-0.2, 0) is 11.3 Å². The lowest BCUT2D eigenvalue weighted by Crippen LogP contribution is -2.33. The first-order chi connectivity index (χ1) is 8.31. The van der Waals surface area contributed by atoms with Crippen molar-refractivity contribution in [2.75, 3.05) is 19.8 Å². The van der Waals surface area contributed by atoms with E-state index in [1.54, 1.807) is 4.90 Å². The van der Waals surface area contributed by atoms with Crippen molar-refractivity contribution < 1.29 is 14.3 Å². The average Bonchev–Trinajstić information content (AvgIpc) is 2.58. The molecule has 0 fully saturated rings. The minimum Gasteiger partial charge on any atom is -0.491 e. The molecular formula is C13H17NO3. The molecule has 4 nitrogen and oxygen atoms in total. The molecule has 17 heavy (non-hydrogen) atoms. The van der Waals surface area contributed by atoms with E-state index in [4.69, 9.17) is 9.47 Å². The van der Waals surface area contributed by atoms with Gasteiger partial charge in [0.15, 0.2) is 0 Å². The molecule has 0 saturated carbocycles. The Morgan fingerprint density at radius 1 is 1.47 bits per heavy atom. The zero-order valence-electron chi connectivity index (χ0n) is 10.0. The van der Waals surface area contributed by atoms with E-state index in [2.05, 4.69) is 0 Å². The van der Waals surface area contributed by atoms with Gasteiger partial charge in [-0.3, -0.25) is 0 Å². The molecule has 1 aromatic carbocycles. The van der Waals surface area contributed by atoms with Gasteiger partial charge >= 0.3 is 6.09 Å². The summed E-state index contributed by atoms with van der Waals surface area (Å²) >= 11 is 0. The largest absolute Gasteiger partial charge is 0.491 e. The Morgan fingerprint density at radius 3 is 3.12 bits per heavy atom. The Balaban J connectivity index is 2.05. The summed E-state index contributed by atoms with van der Waals surface area (Å²) in [5.41, 5.74) is 1.03. The smallest absolute Gasteiger partial charge is 0.410 e. The Kier molecular flexibility index (Phi) is 3.85. The fourth-order valence-electron chi connectivity index (χ4n) is 1.76. The topological polar surface area (TPSA) is 38.8 Å². The van der Waals surface area contributed by atoms with Crippen molar-refractivity contribution in [1.82, 2.24) is 4.90 Å². The highest BCUT2D eigenvalue weighted by molar-refractivity contribution is 5.68. The molecule has 0 N–H and O–H groups in total. The molecule has 4 heteroatoms. The van der Waals surface area contributed by atoms with Crippen LogP contribution >= 0.6 is 0 Å². The maximum absolute atomic E-state index is 11.8. The maximum atomic E-state index is 11.8. The second-order valence-corrected chi connectivity index (χ2v) is 3.99. The number of hydrogen-bond donors (Lipinski definition) is 0. The Labute approximate surface area is 101 Å². The number of amides is 1. The van der Waals surface area contributed by atoms with Gasteiger partial charge in [-0.2, -0.15) is 0 Å². The summed E-state index contributed by atoms with van der Waals surface area (Å²) in [7, 11) is 0.